The summed E-state index contributed by atoms with van der Waals surface area (Å²) in [4.78, 5) is 15.6. The largest absolute Gasteiger partial charge is 0.465 e. The van der Waals surface area contributed by atoms with Gasteiger partial charge in [0, 0.05) is 18.1 Å². The van der Waals surface area contributed by atoms with Crippen LogP contribution in [-0.4, -0.2) is 18.1 Å². The standard InChI is InChI=1S/C15H17FN2O2S/c1-3-13(14-17-6-7-21-14)18-9-10-4-5-11(12(16)8-10)15(19)20-2/h4-8,13,18H,3,9H2,1-2H3. The minimum absolute atomic E-state index is 0.0479. The number of hydrogen-bond donors (Lipinski definition) is 1. The summed E-state index contributed by atoms with van der Waals surface area (Å²) in [5, 5.41) is 6.30. The summed E-state index contributed by atoms with van der Waals surface area (Å²) >= 11 is 1.59. The number of esters is 1. The Kier molecular flexibility index (Phi) is 5.41. The highest BCUT2D eigenvalue weighted by molar-refractivity contribution is 7.09. The number of aromatic nitrogens is 1. The van der Waals surface area contributed by atoms with E-state index in [4.69, 9.17) is 0 Å². The summed E-state index contributed by atoms with van der Waals surface area (Å²) in [7, 11) is 1.23. The number of methoxy groups -OCH3 is 1. The van der Waals surface area contributed by atoms with Gasteiger partial charge in [0.15, 0.2) is 0 Å². The molecule has 1 unspecified atom stereocenters. The predicted molar refractivity (Wildman–Crippen MR) is 79.7 cm³/mol. The van der Waals surface area contributed by atoms with Gasteiger partial charge in [0.05, 0.1) is 18.7 Å². The first kappa shape index (κ1) is 15.6. The summed E-state index contributed by atoms with van der Waals surface area (Å²) in [6.45, 7) is 2.58. The van der Waals surface area contributed by atoms with Crippen molar-refractivity contribution in [2.24, 2.45) is 0 Å². The smallest absolute Gasteiger partial charge is 0.340 e. The summed E-state index contributed by atoms with van der Waals surface area (Å²) in [5.74, 6) is -1.23. The van der Waals surface area contributed by atoms with Crippen LogP contribution >= 0.6 is 11.3 Å². The van der Waals surface area contributed by atoms with Gasteiger partial charge in [0.2, 0.25) is 0 Å². The number of nitrogens with zero attached hydrogens (tertiary/aromatic N) is 1. The molecule has 0 aliphatic rings. The Morgan fingerprint density at radius 2 is 2.33 bits per heavy atom. The van der Waals surface area contributed by atoms with E-state index in [9.17, 15) is 9.18 Å². The Hall–Kier alpha value is -1.79. The molecule has 1 aromatic carbocycles. The molecule has 6 heteroatoms. The van der Waals surface area contributed by atoms with Crippen LogP contribution in [0.3, 0.4) is 0 Å². The van der Waals surface area contributed by atoms with E-state index in [2.05, 4.69) is 22.0 Å². The molecule has 1 atom stereocenters. The van der Waals surface area contributed by atoms with Crippen LogP contribution in [0.25, 0.3) is 0 Å². The Labute approximate surface area is 127 Å². The third-order valence-corrected chi connectivity index (χ3v) is 4.04. The Balaban J connectivity index is 2.03. The van der Waals surface area contributed by atoms with Crippen molar-refractivity contribution in [2.75, 3.05) is 7.11 Å². The number of benzene rings is 1. The first-order valence-corrected chi connectivity index (χ1v) is 7.53. The maximum absolute atomic E-state index is 13.8. The van der Waals surface area contributed by atoms with Crippen molar-refractivity contribution >= 4 is 17.3 Å². The van der Waals surface area contributed by atoms with Crippen LogP contribution in [0, 0.1) is 5.82 Å². The van der Waals surface area contributed by atoms with Gasteiger partial charge in [0.25, 0.3) is 0 Å². The van der Waals surface area contributed by atoms with Crippen LogP contribution in [0.1, 0.15) is 40.3 Å². The molecule has 2 aromatic rings. The first-order chi connectivity index (χ1) is 10.2. The van der Waals surface area contributed by atoms with Gasteiger partial charge in [-0.15, -0.1) is 11.3 Å². The number of nitrogens with one attached hydrogen (secondary N) is 1. The average molecular weight is 308 g/mol. The molecule has 0 amide bonds. The molecule has 1 aromatic heterocycles. The molecule has 0 saturated carbocycles. The van der Waals surface area contributed by atoms with Crippen LogP contribution in [-0.2, 0) is 11.3 Å². The zero-order valence-electron chi connectivity index (χ0n) is 11.9. The van der Waals surface area contributed by atoms with Gasteiger partial charge in [-0.2, -0.15) is 0 Å². The van der Waals surface area contributed by atoms with Crippen LogP contribution < -0.4 is 5.32 Å². The SMILES string of the molecule is CCC(NCc1ccc(C(=O)OC)c(F)c1)c1nccs1. The molecular weight excluding hydrogens is 291 g/mol. The highest BCUT2D eigenvalue weighted by Crippen LogP contribution is 2.20. The fraction of sp³-hybridized carbons (Fsp3) is 0.333. The number of thiazole rings is 1. The van der Waals surface area contributed by atoms with Gasteiger partial charge in [0.1, 0.15) is 10.8 Å². The number of halogens is 1. The van der Waals surface area contributed by atoms with E-state index < -0.39 is 11.8 Å². The number of hydrogen-bond acceptors (Lipinski definition) is 5. The van der Waals surface area contributed by atoms with Crippen molar-refractivity contribution in [3.05, 3.63) is 51.7 Å². The highest BCUT2D eigenvalue weighted by Gasteiger charge is 2.14. The molecule has 0 fully saturated rings. The second-order valence-corrected chi connectivity index (χ2v) is 5.44. The van der Waals surface area contributed by atoms with Gasteiger partial charge in [-0.3, -0.25) is 0 Å². The molecule has 0 spiro atoms. The Bertz CT molecular complexity index is 602. The third-order valence-electron chi connectivity index (χ3n) is 3.15. The summed E-state index contributed by atoms with van der Waals surface area (Å²) in [6, 6.07) is 4.67. The lowest BCUT2D eigenvalue weighted by atomic mass is 10.1. The minimum Gasteiger partial charge on any atom is -0.465 e. The van der Waals surface area contributed by atoms with Gasteiger partial charge >= 0.3 is 5.97 Å². The minimum atomic E-state index is -0.666. The summed E-state index contributed by atoms with van der Waals surface area (Å²) < 4.78 is 18.3. The third kappa shape index (κ3) is 3.86. The second kappa shape index (κ2) is 7.28. The fourth-order valence-electron chi connectivity index (χ4n) is 2.00. The molecule has 1 heterocycles. The van der Waals surface area contributed by atoms with Crippen molar-refractivity contribution in [1.29, 1.82) is 0 Å². The van der Waals surface area contributed by atoms with Crippen molar-refractivity contribution < 1.29 is 13.9 Å². The van der Waals surface area contributed by atoms with E-state index in [-0.39, 0.29) is 11.6 Å². The van der Waals surface area contributed by atoms with E-state index in [1.165, 1.54) is 19.2 Å². The lowest BCUT2D eigenvalue weighted by Gasteiger charge is -2.14. The fourth-order valence-corrected chi connectivity index (χ4v) is 2.80. The molecule has 0 saturated heterocycles. The van der Waals surface area contributed by atoms with Crippen molar-refractivity contribution in [2.45, 2.75) is 25.9 Å². The molecular formula is C15H17FN2O2S. The Morgan fingerprint density at radius 3 is 2.90 bits per heavy atom. The molecule has 21 heavy (non-hydrogen) atoms. The topological polar surface area (TPSA) is 51.2 Å². The van der Waals surface area contributed by atoms with Crippen LogP contribution in [0.5, 0.6) is 0 Å². The van der Waals surface area contributed by atoms with E-state index >= 15 is 0 Å². The van der Waals surface area contributed by atoms with Crippen LogP contribution in [0.2, 0.25) is 0 Å². The van der Waals surface area contributed by atoms with E-state index in [1.807, 2.05) is 5.38 Å². The number of carbonyl (C=O) groups excluding carboxylic acids is 1. The van der Waals surface area contributed by atoms with Gasteiger partial charge in [-0.25, -0.2) is 14.2 Å². The van der Waals surface area contributed by atoms with Crippen molar-refractivity contribution in [3.63, 3.8) is 0 Å². The molecule has 1 N–H and O–H groups in total. The molecule has 0 bridgehead atoms. The lowest BCUT2D eigenvalue weighted by Crippen LogP contribution is -2.20. The predicted octanol–water partition coefficient (Wildman–Crippen LogP) is 3.31. The highest BCUT2D eigenvalue weighted by atomic mass is 32.1. The van der Waals surface area contributed by atoms with Gasteiger partial charge in [-0.05, 0) is 24.1 Å². The summed E-state index contributed by atoms with van der Waals surface area (Å²) in [5.41, 5.74) is 0.725. The zero-order valence-corrected chi connectivity index (χ0v) is 12.7. The van der Waals surface area contributed by atoms with Gasteiger partial charge < -0.3 is 10.1 Å². The van der Waals surface area contributed by atoms with Crippen LogP contribution in [0.15, 0.2) is 29.8 Å². The molecule has 112 valence electrons. The average Bonchev–Trinajstić information content (AvgIpc) is 3.01. The molecule has 0 aliphatic carbocycles. The quantitative estimate of drug-likeness (QED) is 0.832. The number of ether oxygens (including phenoxy) is 1. The van der Waals surface area contributed by atoms with E-state index in [1.54, 1.807) is 23.6 Å². The zero-order chi connectivity index (χ0) is 15.2. The molecule has 4 nitrogen and oxygen atoms in total. The molecule has 0 aliphatic heterocycles. The Morgan fingerprint density at radius 1 is 1.52 bits per heavy atom. The maximum atomic E-state index is 13.8. The van der Waals surface area contributed by atoms with Crippen molar-refractivity contribution in [3.8, 4) is 0 Å². The van der Waals surface area contributed by atoms with E-state index in [0.717, 1.165) is 17.0 Å². The maximum Gasteiger partial charge on any atom is 0.340 e. The molecule has 0 radical (unpaired) electrons. The lowest BCUT2D eigenvalue weighted by molar-refractivity contribution is 0.0595. The van der Waals surface area contributed by atoms with Crippen molar-refractivity contribution in [1.82, 2.24) is 10.3 Å². The molecule has 2 rings (SSSR count). The first-order valence-electron chi connectivity index (χ1n) is 6.65. The monoisotopic (exact) mass is 308 g/mol. The van der Waals surface area contributed by atoms with Gasteiger partial charge in [-0.1, -0.05) is 13.0 Å². The normalized spacial score (nSPS) is 12.1. The number of rotatable bonds is 6. The van der Waals surface area contributed by atoms with Crippen LogP contribution in [0.4, 0.5) is 4.39 Å². The second-order valence-electron chi connectivity index (χ2n) is 4.52. The number of carbonyl (C=O) groups is 1. The summed E-state index contributed by atoms with van der Waals surface area (Å²) in [6.07, 6.45) is 2.67. The van der Waals surface area contributed by atoms with E-state index in [0.29, 0.717) is 6.54 Å².